The number of ether oxygens (including phenoxy) is 1. The van der Waals surface area contributed by atoms with Gasteiger partial charge in [0.2, 0.25) is 0 Å². The summed E-state index contributed by atoms with van der Waals surface area (Å²) in [7, 11) is 0. The van der Waals surface area contributed by atoms with Crippen LogP contribution in [0.25, 0.3) is 0 Å². The number of hydrogen-bond acceptors (Lipinski definition) is 3. The Morgan fingerprint density at radius 2 is 1.61 bits per heavy atom. The third-order valence-corrected chi connectivity index (χ3v) is 7.82. The first kappa shape index (κ1) is 26.6. The van der Waals surface area contributed by atoms with Crippen LogP contribution in [0.4, 0.5) is 0 Å². The van der Waals surface area contributed by atoms with Crippen molar-refractivity contribution < 1.29 is 19.4 Å². The number of carbonyl (C=O) groups excluding carboxylic acids is 1. The molecule has 188 valence electrons. The van der Waals surface area contributed by atoms with E-state index in [1.807, 2.05) is 19.1 Å². The van der Waals surface area contributed by atoms with E-state index in [9.17, 15) is 14.7 Å². The van der Waals surface area contributed by atoms with Crippen LogP contribution >= 0.6 is 46.4 Å². The molecular weight excluding hydrogens is 544 g/mol. The molecule has 1 aliphatic heterocycles. The molecule has 0 spiro atoms. The Morgan fingerprint density at radius 3 is 2.28 bits per heavy atom. The molecule has 0 aromatic heterocycles. The molecule has 0 bridgehead atoms. The molecule has 0 aliphatic carbocycles. The maximum atomic E-state index is 13.5. The number of amides is 1. The van der Waals surface area contributed by atoms with Crippen molar-refractivity contribution in [2.24, 2.45) is 0 Å². The molecule has 1 heterocycles. The van der Waals surface area contributed by atoms with E-state index in [0.717, 1.165) is 11.1 Å². The fourth-order valence-electron chi connectivity index (χ4n) is 4.38. The largest absolute Gasteiger partial charge is 0.487 e. The Bertz CT molecular complexity index is 1330. The normalized spacial score (nSPS) is 16.4. The summed E-state index contributed by atoms with van der Waals surface area (Å²) in [6, 6.07) is 15.9. The van der Waals surface area contributed by atoms with Gasteiger partial charge in [-0.25, -0.2) is 0 Å². The SMILES string of the molecule is C[C@]1(Cc2cccc(Cl)c2Cl)Cc2cc(C(=O)N(CCC(=O)O)Cc3cccc(Cl)c3Cl)ccc2O1. The zero-order valence-corrected chi connectivity index (χ0v) is 22.4. The maximum absolute atomic E-state index is 13.5. The van der Waals surface area contributed by atoms with Crippen LogP contribution in [0, 0.1) is 0 Å². The Labute approximate surface area is 229 Å². The fourth-order valence-corrected chi connectivity index (χ4v) is 5.15. The fraction of sp³-hybridized carbons (Fsp3) is 0.259. The second kappa shape index (κ2) is 10.9. The highest BCUT2D eigenvalue weighted by Gasteiger charge is 2.36. The van der Waals surface area contributed by atoms with E-state index in [-0.39, 0.29) is 25.4 Å². The van der Waals surface area contributed by atoms with Crippen LogP contribution in [0.3, 0.4) is 0 Å². The number of carboxylic acid groups (broad SMARTS) is 1. The van der Waals surface area contributed by atoms with Crippen LogP contribution in [-0.2, 0) is 24.2 Å². The zero-order chi connectivity index (χ0) is 26.0. The molecule has 0 saturated carbocycles. The topological polar surface area (TPSA) is 66.8 Å². The highest BCUT2D eigenvalue weighted by Crippen LogP contribution is 2.39. The van der Waals surface area contributed by atoms with E-state index in [2.05, 4.69) is 0 Å². The molecule has 0 saturated heterocycles. The summed E-state index contributed by atoms with van der Waals surface area (Å²) in [5.74, 6) is -0.605. The average Bonchev–Trinajstić information content (AvgIpc) is 3.16. The summed E-state index contributed by atoms with van der Waals surface area (Å²) < 4.78 is 6.26. The van der Waals surface area contributed by atoms with Gasteiger partial charge in [-0.05, 0) is 53.9 Å². The lowest BCUT2D eigenvalue weighted by Gasteiger charge is -2.24. The van der Waals surface area contributed by atoms with E-state index in [1.54, 1.807) is 42.5 Å². The van der Waals surface area contributed by atoms with Crippen molar-refractivity contribution in [2.45, 2.75) is 38.3 Å². The van der Waals surface area contributed by atoms with Crippen LogP contribution in [0.2, 0.25) is 20.1 Å². The van der Waals surface area contributed by atoms with Gasteiger partial charge in [0, 0.05) is 31.5 Å². The van der Waals surface area contributed by atoms with Crippen LogP contribution < -0.4 is 4.74 Å². The molecule has 1 atom stereocenters. The smallest absolute Gasteiger partial charge is 0.305 e. The van der Waals surface area contributed by atoms with Crippen molar-refractivity contribution >= 4 is 58.3 Å². The van der Waals surface area contributed by atoms with Gasteiger partial charge >= 0.3 is 5.97 Å². The molecule has 3 aromatic rings. The number of carbonyl (C=O) groups is 2. The first-order valence-corrected chi connectivity index (χ1v) is 12.8. The molecule has 1 amide bonds. The Balaban J connectivity index is 1.56. The van der Waals surface area contributed by atoms with Gasteiger partial charge in [-0.3, -0.25) is 9.59 Å². The quantitative estimate of drug-likeness (QED) is 0.309. The lowest BCUT2D eigenvalue weighted by molar-refractivity contribution is -0.137. The van der Waals surface area contributed by atoms with Gasteiger partial charge in [0.1, 0.15) is 11.4 Å². The van der Waals surface area contributed by atoms with Crippen molar-refractivity contribution in [3.05, 3.63) is 96.9 Å². The van der Waals surface area contributed by atoms with Crippen molar-refractivity contribution in [1.82, 2.24) is 4.90 Å². The van der Waals surface area contributed by atoms with Gasteiger partial charge in [-0.1, -0.05) is 70.7 Å². The second-order valence-corrected chi connectivity index (χ2v) is 10.6. The minimum absolute atomic E-state index is 0.0234. The first-order chi connectivity index (χ1) is 17.1. The highest BCUT2D eigenvalue weighted by atomic mass is 35.5. The van der Waals surface area contributed by atoms with Gasteiger partial charge in [0.05, 0.1) is 26.5 Å². The molecule has 1 N–H and O–H groups in total. The van der Waals surface area contributed by atoms with Crippen LogP contribution in [0.5, 0.6) is 5.75 Å². The number of fused-ring (bicyclic) bond motifs is 1. The Kier molecular flexibility index (Phi) is 8.06. The van der Waals surface area contributed by atoms with Gasteiger partial charge in [-0.2, -0.15) is 0 Å². The monoisotopic (exact) mass is 565 g/mol. The molecule has 3 aromatic carbocycles. The zero-order valence-electron chi connectivity index (χ0n) is 19.4. The standard InChI is InChI=1S/C27H23Cl4NO4/c1-27(13-17-4-2-6-20(28)24(17)30)14-19-12-16(8-9-22(19)36-27)26(35)32(11-10-23(33)34)15-18-5-3-7-21(29)25(18)31/h2-9,12H,10-11,13-15H2,1H3,(H,33,34)/t27-/m0/s1. The van der Waals surface area contributed by atoms with Crippen LogP contribution in [0.1, 0.15) is 40.4 Å². The third-order valence-electron chi connectivity index (χ3n) is 6.10. The Hall–Kier alpha value is -2.44. The molecule has 4 rings (SSSR count). The van der Waals surface area contributed by atoms with Crippen molar-refractivity contribution in [2.75, 3.05) is 6.54 Å². The molecule has 9 heteroatoms. The number of nitrogens with zero attached hydrogens (tertiary/aromatic N) is 1. The summed E-state index contributed by atoms with van der Waals surface area (Å²) in [5, 5.41) is 10.9. The van der Waals surface area contributed by atoms with Gasteiger partial charge in [0.25, 0.3) is 5.91 Å². The number of carboxylic acids is 1. The maximum Gasteiger partial charge on any atom is 0.305 e. The van der Waals surface area contributed by atoms with Crippen molar-refractivity contribution in [3.8, 4) is 5.75 Å². The summed E-state index contributed by atoms with van der Waals surface area (Å²) >= 11 is 25.0. The van der Waals surface area contributed by atoms with E-state index >= 15 is 0 Å². The predicted molar refractivity (Wildman–Crippen MR) is 143 cm³/mol. The second-order valence-electron chi connectivity index (χ2n) is 9.02. The molecule has 5 nitrogen and oxygen atoms in total. The first-order valence-electron chi connectivity index (χ1n) is 11.2. The number of hydrogen-bond donors (Lipinski definition) is 1. The summed E-state index contributed by atoms with van der Waals surface area (Å²) in [6.45, 7) is 2.14. The third kappa shape index (κ3) is 5.92. The molecule has 36 heavy (non-hydrogen) atoms. The predicted octanol–water partition coefficient (Wildman–Crippen LogP) is 7.35. The van der Waals surface area contributed by atoms with Gasteiger partial charge in [-0.15, -0.1) is 0 Å². The van der Waals surface area contributed by atoms with E-state index in [1.165, 1.54) is 4.90 Å². The van der Waals surface area contributed by atoms with Gasteiger partial charge in [0.15, 0.2) is 0 Å². The van der Waals surface area contributed by atoms with Crippen LogP contribution in [0.15, 0.2) is 54.6 Å². The van der Waals surface area contributed by atoms with E-state index in [0.29, 0.717) is 49.8 Å². The Morgan fingerprint density at radius 1 is 0.972 bits per heavy atom. The summed E-state index contributed by atoms with van der Waals surface area (Å²) in [6.07, 6.45) is 0.917. The number of benzene rings is 3. The minimum Gasteiger partial charge on any atom is -0.487 e. The molecule has 0 radical (unpaired) electrons. The number of aliphatic carboxylic acids is 1. The van der Waals surface area contributed by atoms with Crippen LogP contribution in [-0.4, -0.2) is 34.0 Å². The number of halogens is 4. The minimum atomic E-state index is -0.997. The number of rotatable bonds is 8. The molecule has 0 fully saturated rings. The summed E-state index contributed by atoms with van der Waals surface area (Å²) in [5.41, 5.74) is 2.29. The molecule has 1 aliphatic rings. The lowest BCUT2D eigenvalue weighted by Crippen LogP contribution is -2.33. The van der Waals surface area contributed by atoms with Crippen molar-refractivity contribution in [3.63, 3.8) is 0 Å². The molecule has 0 unspecified atom stereocenters. The summed E-state index contributed by atoms with van der Waals surface area (Å²) in [4.78, 5) is 26.2. The average molecular weight is 567 g/mol. The van der Waals surface area contributed by atoms with E-state index < -0.39 is 11.6 Å². The highest BCUT2D eigenvalue weighted by molar-refractivity contribution is 6.43. The van der Waals surface area contributed by atoms with E-state index in [4.69, 9.17) is 51.1 Å². The van der Waals surface area contributed by atoms with Crippen molar-refractivity contribution in [1.29, 1.82) is 0 Å². The van der Waals surface area contributed by atoms with Gasteiger partial charge < -0.3 is 14.7 Å². The lowest BCUT2D eigenvalue weighted by atomic mass is 9.91. The molecular formula is C27H23Cl4NO4.